The van der Waals surface area contributed by atoms with Crippen molar-refractivity contribution in [2.45, 2.75) is 12.5 Å². The summed E-state index contributed by atoms with van der Waals surface area (Å²) in [5.41, 5.74) is 0. The average Bonchev–Trinajstić information content (AvgIpc) is 2.14. The van der Waals surface area contributed by atoms with E-state index in [2.05, 4.69) is 12.4 Å². The molecule has 1 saturated heterocycles. The molecule has 1 atom stereocenters. The van der Waals surface area contributed by atoms with E-state index in [0.29, 0.717) is 0 Å². The van der Waals surface area contributed by atoms with Crippen molar-refractivity contribution in [2.75, 3.05) is 13.1 Å². The molecule has 2 heteroatoms. The van der Waals surface area contributed by atoms with Gasteiger partial charge in [0.05, 0.1) is 6.04 Å². The third-order valence-electron chi connectivity index (χ3n) is 1.43. The fourth-order valence-electron chi connectivity index (χ4n) is 0.878. The highest BCUT2D eigenvalue weighted by Crippen LogP contribution is 1.89. The number of hydrogen-bond donors (Lipinski definition) is 2. The number of hydrogen-bond acceptors (Lipinski definition) is 1. The molecule has 0 aromatic heterocycles. The Morgan fingerprint density at radius 2 is 2.57 bits per heavy atom. The van der Waals surface area contributed by atoms with Crippen molar-refractivity contribution >= 4 is 0 Å². The lowest BCUT2D eigenvalue weighted by Gasteiger charge is -2.04. The Balaban J connectivity index is 2.14. The first-order chi connectivity index (χ1) is 3.43. The minimum absolute atomic E-state index is 0.750. The van der Waals surface area contributed by atoms with Crippen molar-refractivity contribution in [3.05, 3.63) is 7.05 Å². The van der Waals surface area contributed by atoms with Gasteiger partial charge in [0.2, 0.25) is 0 Å². The van der Waals surface area contributed by atoms with Crippen LogP contribution in [0, 0.1) is 7.05 Å². The van der Waals surface area contributed by atoms with Gasteiger partial charge in [0.15, 0.2) is 0 Å². The van der Waals surface area contributed by atoms with Gasteiger partial charge in [-0.05, 0) is 0 Å². The third kappa shape index (κ3) is 1.14. The molecular formula is C5H12N2. The van der Waals surface area contributed by atoms with Gasteiger partial charge in [0, 0.05) is 19.5 Å². The Morgan fingerprint density at radius 3 is 2.86 bits per heavy atom. The molecular weight excluding hydrogens is 88.1 g/mol. The maximum absolute atomic E-state index is 3.70. The molecule has 1 rings (SSSR count). The molecule has 1 fully saturated rings. The van der Waals surface area contributed by atoms with Gasteiger partial charge in [-0.1, -0.05) is 0 Å². The predicted octanol–water partition coefficient (Wildman–Crippen LogP) is -1.30. The van der Waals surface area contributed by atoms with Crippen LogP contribution >= 0.6 is 0 Å². The molecule has 0 radical (unpaired) electrons. The smallest absolute Gasteiger partial charge is 0.0759 e. The third-order valence-corrected chi connectivity index (χ3v) is 1.43. The zero-order valence-electron chi connectivity index (χ0n) is 4.48. The molecule has 2 nitrogen and oxygen atoms in total. The van der Waals surface area contributed by atoms with E-state index in [0.717, 1.165) is 12.6 Å². The Kier molecular flexibility index (Phi) is 1.65. The first-order valence-corrected chi connectivity index (χ1v) is 2.77. The van der Waals surface area contributed by atoms with E-state index < -0.39 is 0 Å². The standard InChI is InChI=1S/C5H12N2/c1-6-5-2-3-7-4-5/h5,7H,1-4,6H2. The van der Waals surface area contributed by atoms with Gasteiger partial charge in [-0.3, -0.25) is 0 Å². The highest BCUT2D eigenvalue weighted by molar-refractivity contribution is 4.67. The molecule has 7 heavy (non-hydrogen) atoms. The molecule has 42 valence electrons. The molecule has 1 heterocycles. The molecule has 0 saturated carbocycles. The first-order valence-electron chi connectivity index (χ1n) is 2.77. The van der Waals surface area contributed by atoms with E-state index >= 15 is 0 Å². The number of rotatable bonds is 1. The molecule has 0 spiro atoms. The van der Waals surface area contributed by atoms with Crippen LogP contribution in [0.4, 0.5) is 0 Å². The second-order valence-electron chi connectivity index (χ2n) is 1.99. The van der Waals surface area contributed by atoms with Gasteiger partial charge in [0.25, 0.3) is 0 Å². The van der Waals surface area contributed by atoms with Gasteiger partial charge in [-0.15, -0.1) is 0 Å². The van der Waals surface area contributed by atoms with Crippen molar-refractivity contribution in [2.24, 2.45) is 0 Å². The molecule has 0 amide bonds. The van der Waals surface area contributed by atoms with Crippen LogP contribution in [-0.2, 0) is 0 Å². The fourth-order valence-corrected chi connectivity index (χ4v) is 0.878. The Morgan fingerprint density at radius 1 is 1.71 bits per heavy atom. The normalized spacial score (nSPS) is 31.3. The quantitative estimate of drug-likeness (QED) is 0.394. The summed E-state index contributed by atoms with van der Waals surface area (Å²) in [5, 5.41) is 5.28. The van der Waals surface area contributed by atoms with E-state index in [-0.39, 0.29) is 0 Å². The summed E-state index contributed by atoms with van der Waals surface area (Å²) >= 11 is 0. The SMILES string of the molecule is [CH2-][NH2+]C1CCNC1. The Hall–Kier alpha value is -0.0800. The summed E-state index contributed by atoms with van der Waals surface area (Å²) in [7, 11) is 3.70. The zero-order valence-corrected chi connectivity index (χ0v) is 4.48. The van der Waals surface area contributed by atoms with Crippen LogP contribution in [0.5, 0.6) is 0 Å². The van der Waals surface area contributed by atoms with Crippen LogP contribution in [-0.4, -0.2) is 19.1 Å². The van der Waals surface area contributed by atoms with Crippen LogP contribution in [0.15, 0.2) is 0 Å². The highest BCUT2D eigenvalue weighted by Gasteiger charge is 2.11. The first kappa shape index (κ1) is 5.06. The van der Waals surface area contributed by atoms with Crippen LogP contribution in [0.1, 0.15) is 6.42 Å². The molecule has 0 aromatic carbocycles. The zero-order chi connectivity index (χ0) is 5.11. The summed E-state index contributed by atoms with van der Waals surface area (Å²) in [6.07, 6.45) is 1.28. The molecule has 3 N–H and O–H groups in total. The lowest BCUT2D eigenvalue weighted by Crippen LogP contribution is -2.84. The van der Waals surface area contributed by atoms with Crippen LogP contribution < -0.4 is 10.6 Å². The van der Waals surface area contributed by atoms with Crippen LogP contribution in [0.2, 0.25) is 0 Å². The second kappa shape index (κ2) is 2.28. The van der Waals surface area contributed by atoms with Gasteiger partial charge in [-0.25, -0.2) is 0 Å². The Bertz CT molecular complexity index is 48.0. The molecule has 0 bridgehead atoms. The van der Waals surface area contributed by atoms with Crippen molar-refractivity contribution in [3.8, 4) is 0 Å². The minimum atomic E-state index is 0.750. The predicted molar refractivity (Wildman–Crippen MR) is 28.6 cm³/mol. The average molecular weight is 100 g/mol. The summed E-state index contributed by atoms with van der Waals surface area (Å²) < 4.78 is 0. The molecule has 1 aliphatic rings. The minimum Gasteiger partial charge on any atom is -0.475 e. The van der Waals surface area contributed by atoms with Crippen molar-refractivity contribution in [3.63, 3.8) is 0 Å². The van der Waals surface area contributed by atoms with Gasteiger partial charge < -0.3 is 10.6 Å². The van der Waals surface area contributed by atoms with Crippen molar-refractivity contribution in [1.82, 2.24) is 5.32 Å². The summed E-state index contributed by atoms with van der Waals surface area (Å²) in [6.45, 7) is 2.32. The fraction of sp³-hybridized carbons (Fsp3) is 0.800. The maximum atomic E-state index is 3.70. The lowest BCUT2D eigenvalue weighted by molar-refractivity contribution is -0.629. The van der Waals surface area contributed by atoms with Crippen LogP contribution in [0.25, 0.3) is 0 Å². The summed E-state index contributed by atoms with van der Waals surface area (Å²) in [4.78, 5) is 0. The monoisotopic (exact) mass is 100 g/mol. The van der Waals surface area contributed by atoms with Gasteiger partial charge >= 0.3 is 0 Å². The number of quaternary nitrogens is 1. The molecule has 0 aliphatic carbocycles. The van der Waals surface area contributed by atoms with Crippen LogP contribution in [0.3, 0.4) is 0 Å². The lowest BCUT2D eigenvalue weighted by atomic mass is 10.3. The largest absolute Gasteiger partial charge is 0.475 e. The van der Waals surface area contributed by atoms with E-state index in [4.69, 9.17) is 0 Å². The molecule has 1 aliphatic heterocycles. The summed E-state index contributed by atoms with van der Waals surface area (Å²) in [5.74, 6) is 0. The second-order valence-corrected chi connectivity index (χ2v) is 1.99. The molecule has 0 aromatic rings. The van der Waals surface area contributed by atoms with E-state index in [1.807, 2.05) is 5.32 Å². The van der Waals surface area contributed by atoms with E-state index in [9.17, 15) is 0 Å². The van der Waals surface area contributed by atoms with E-state index in [1.165, 1.54) is 13.0 Å². The van der Waals surface area contributed by atoms with Crippen molar-refractivity contribution in [1.29, 1.82) is 0 Å². The highest BCUT2D eigenvalue weighted by atomic mass is 15.0. The number of nitrogens with one attached hydrogen (secondary N) is 1. The van der Waals surface area contributed by atoms with Crippen molar-refractivity contribution < 1.29 is 5.32 Å². The van der Waals surface area contributed by atoms with Gasteiger partial charge in [-0.2, -0.15) is 7.05 Å². The number of nitrogens with two attached hydrogens (primary N) is 1. The summed E-state index contributed by atoms with van der Waals surface area (Å²) in [6, 6.07) is 0.750. The maximum Gasteiger partial charge on any atom is 0.0759 e. The van der Waals surface area contributed by atoms with E-state index in [1.54, 1.807) is 0 Å². The molecule has 1 unspecified atom stereocenters. The Labute approximate surface area is 44.3 Å². The topological polar surface area (TPSA) is 28.6 Å². The van der Waals surface area contributed by atoms with Gasteiger partial charge in [0.1, 0.15) is 0 Å².